The predicted molar refractivity (Wildman–Crippen MR) is 92.4 cm³/mol. The SMILES string of the molecule is Cc1ccccc1CCNC(=O)C[NH+](C)CC(=O)NC(C)(C)C. The molecular weight excluding hydrogens is 290 g/mol. The number of carbonyl (C=O) groups excluding carboxylic acids is 2. The van der Waals surface area contributed by atoms with Crippen LogP contribution in [0.15, 0.2) is 24.3 Å². The largest absolute Gasteiger partial charge is 0.351 e. The Kier molecular flexibility index (Phi) is 7.23. The lowest BCUT2D eigenvalue weighted by atomic mass is 10.1. The number of hydrogen-bond acceptors (Lipinski definition) is 2. The average molecular weight is 320 g/mol. The van der Waals surface area contributed by atoms with Crippen LogP contribution in [0.5, 0.6) is 0 Å². The van der Waals surface area contributed by atoms with Crippen molar-refractivity contribution in [1.29, 1.82) is 0 Å². The highest BCUT2D eigenvalue weighted by Crippen LogP contribution is 2.06. The lowest BCUT2D eigenvalue weighted by Crippen LogP contribution is -3.11. The van der Waals surface area contributed by atoms with E-state index in [1.54, 1.807) is 0 Å². The molecule has 0 aliphatic rings. The third-order valence-electron chi connectivity index (χ3n) is 3.42. The van der Waals surface area contributed by atoms with Gasteiger partial charge in [-0.25, -0.2) is 0 Å². The van der Waals surface area contributed by atoms with Crippen molar-refractivity contribution in [3.05, 3.63) is 35.4 Å². The summed E-state index contributed by atoms with van der Waals surface area (Å²) in [6.07, 6.45) is 0.821. The van der Waals surface area contributed by atoms with E-state index in [1.807, 2.05) is 40.0 Å². The standard InChI is InChI=1S/C18H29N3O2/c1-14-8-6-7-9-15(14)10-11-19-16(22)12-21(5)13-17(23)20-18(2,3)4/h6-9H,10-13H2,1-5H3,(H,19,22)(H,20,23)/p+1. The fourth-order valence-electron chi connectivity index (χ4n) is 2.36. The summed E-state index contributed by atoms with van der Waals surface area (Å²) in [5.41, 5.74) is 2.24. The van der Waals surface area contributed by atoms with Gasteiger partial charge in [0.15, 0.2) is 13.1 Å². The highest BCUT2D eigenvalue weighted by molar-refractivity contribution is 5.79. The van der Waals surface area contributed by atoms with E-state index in [0.29, 0.717) is 19.6 Å². The van der Waals surface area contributed by atoms with Crippen LogP contribution in [0.1, 0.15) is 31.9 Å². The van der Waals surface area contributed by atoms with Gasteiger partial charge in [-0.15, -0.1) is 0 Å². The minimum absolute atomic E-state index is 0.0281. The smallest absolute Gasteiger partial charge is 0.275 e. The molecule has 1 aromatic carbocycles. The van der Waals surface area contributed by atoms with Gasteiger partial charge in [0.2, 0.25) is 0 Å². The summed E-state index contributed by atoms with van der Waals surface area (Å²) in [5, 5.41) is 5.82. The van der Waals surface area contributed by atoms with Crippen molar-refractivity contribution >= 4 is 11.8 Å². The van der Waals surface area contributed by atoms with E-state index < -0.39 is 0 Å². The number of quaternary nitrogens is 1. The molecule has 0 fully saturated rings. The van der Waals surface area contributed by atoms with Crippen molar-refractivity contribution in [3.8, 4) is 0 Å². The topological polar surface area (TPSA) is 62.6 Å². The van der Waals surface area contributed by atoms with Crippen molar-refractivity contribution in [1.82, 2.24) is 10.6 Å². The van der Waals surface area contributed by atoms with Crippen LogP contribution in [0.4, 0.5) is 0 Å². The van der Waals surface area contributed by atoms with Crippen LogP contribution in [0.25, 0.3) is 0 Å². The molecule has 5 nitrogen and oxygen atoms in total. The molecule has 0 spiro atoms. The minimum Gasteiger partial charge on any atom is -0.351 e. The first-order valence-electron chi connectivity index (χ1n) is 8.11. The molecule has 0 bridgehead atoms. The first-order chi connectivity index (χ1) is 10.7. The molecule has 23 heavy (non-hydrogen) atoms. The molecule has 0 heterocycles. The molecule has 0 aromatic heterocycles. The van der Waals surface area contributed by atoms with Crippen molar-refractivity contribution in [2.45, 2.75) is 39.7 Å². The number of carbonyl (C=O) groups is 2. The average Bonchev–Trinajstić information content (AvgIpc) is 2.38. The molecule has 0 aliphatic carbocycles. The molecule has 0 aliphatic heterocycles. The number of nitrogens with one attached hydrogen (secondary N) is 3. The quantitative estimate of drug-likeness (QED) is 0.666. The molecule has 0 saturated carbocycles. The second-order valence-electron chi connectivity index (χ2n) is 7.14. The predicted octanol–water partition coefficient (Wildman–Crippen LogP) is 0.0831. The van der Waals surface area contributed by atoms with Crippen molar-refractivity contribution in [2.75, 3.05) is 26.7 Å². The third-order valence-corrected chi connectivity index (χ3v) is 3.42. The summed E-state index contributed by atoms with van der Waals surface area (Å²) >= 11 is 0. The fourth-order valence-corrected chi connectivity index (χ4v) is 2.36. The lowest BCUT2D eigenvalue weighted by molar-refractivity contribution is -0.862. The van der Waals surface area contributed by atoms with Gasteiger partial charge in [-0.05, 0) is 45.2 Å². The van der Waals surface area contributed by atoms with Gasteiger partial charge in [-0.3, -0.25) is 9.59 Å². The summed E-state index contributed by atoms with van der Waals surface area (Å²) in [6, 6.07) is 8.17. The zero-order chi connectivity index (χ0) is 17.5. The number of likely N-dealkylation sites (N-methyl/N-ethyl adjacent to an activating group) is 1. The zero-order valence-electron chi connectivity index (χ0n) is 15.0. The van der Waals surface area contributed by atoms with Crippen LogP contribution in [0.3, 0.4) is 0 Å². The number of rotatable bonds is 7. The Balaban J connectivity index is 2.28. The van der Waals surface area contributed by atoms with Crippen molar-refractivity contribution in [2.24, 2.45) is 0 Å². The van der Waals surface area contributed by atoms with Gasteiger partial charge in [0.25, 0.3) is 11.8 Å². The molecule has 3 N–H and O–H groups in total. The maximum Gasteiger partial charge on any atom is 0.275 e. The number of hydrogen-bond donors (Lipinski definition) is 3. The maximum absolute atomic E-state index is 11.9. The van der Waals surface area contributed by atoms with Gasteiger partial charge in [0, 0.05) is 12.1 Å². The molecule has 5 heteroatoms. The van der Waals surface area contributed by atoms with Crippen LogP contribution in [0.2, 0.25) is 0 Å². The molecule has 128 valence electrons. The molecular formula is C18H30N3O2+. The van der Waals surface area contributed by atoms with Gasteiger partial charge in [-0.2, -0.15) is 0 Å². The molecule has 0 saturated heterocycles. The molecule has 1 aromatic rings. The Labute approximate surface area is 139 Å². The summed E-state index contributed by atoms with van der Waals surface area (Å²) < 4.78 is 0. The summed E-state index contributed by atoms with van der Waals surface area (Å²) in [4.78, 5) is 24.6. The lowest BCUT2D eigenvalue weighted by Gasteiger charge is -2.21. The van der Waals surface area contributed by atoms with E-state index >= 15 is 0 Å². The monoisotopic (exact) mass is 320 g/mol. The summed E-state index contributed by atoms with van der Waals surface area (Å²) in [6.45, 7) is 9.11. The Morgan fingerprint density at radius 3 is 2.30 bits per heavy atom. The normalized spacial score (nSPS) is 12.6. The highest BCUT2D eigenvalue weighted by Gasteiger charge is 2.18. The first kappa shape index (κ1) is 19.2. The molecule has 1 rings (SSSR count). The molecule has 0 radical (unpaired) electrons. The Morgan fingerprint density at radius 1 is 1.09 bits per heavy atom. The third kappa shape index (κ3) is 8.35. The van der Waals surface area contributed by atoms with E-state index in [2.05, 4.69) is 29.7 Å². The van der Waals surface area contributed by atoms with Crippen LogP contribution in [0, 0.1) is 6.92 Å². The second-order valence-corrected chi connectivity index (χ2v) is 7.14. The summed E-state index contributed by atoms with van der Waals surface area (Å²) in [5.74, 6) is -0.0673. The fraction of sp³-hybridized carbons (Fsp3) is 0.556. The Morgan fingerprint density at radius 2 is 1.70 bits per heavy atom. The van der Waals surface area contributed by atoms with Gasteiger partial charge in [-0.1, -0.05) is 24.3 Å². The van der Waals surface area contributed by atoms with E-state index in [1.165, 1.54) is 11.1 Å². The highest BCUT2D eigenvalue weighted by atomic mass is 16.2. The van der Waals surface area contributed by atoms with Crippen LogP contribution >= 0.6 is 0 Å². The van der Waals surface area contributed by atoms with E-state index in [0.717, 1.165) is 11.3 Å². The van der Waals surface area contributed by atoms with Crippen LogP contribution in [-0.4, -0.2) is 44.0 Å². The Bertz CT molecular complexity index is 535. The Hall–Kier alpha value is -1.88. The minimum atomic E-state index is -0.243. The molecule has 1 unspecified atom stereocenters. The first-order valence-corrected chi connectivity index (χ1v) is 8.11. The second kappa shape index (κ2) is 8.67. The molecule has 2 amide bonds. The maximum atomic E-state index is 11.9. The van der Waals surface area contributed by atoms with Gasteiger partial charge >= 0.3 is 0 Å². The van der Waals surface area contributed by atoms with E-state index in [9.17, 15) is 9.59 Å². The number of benzene rings is 1. The zero-order valence-corrected chi connectivity index (χ0v) is 15.0. The van der Waals surface area contributed by atoms with Gasteiger partial charge in [0.1, 0.15) is 0 Å². The van der Waals surface area contributed by atoms with Crippen molar-refractivity contribution < 1.29 is 14.5 Å². The van der Waals surface area contributed by atoms with Gasteiger partial charge < -0.3 is 15.5 Å². The molecule has 1 atom stereocenters. The summed E-state index contributed by atoms with van der Waals surface area (Å²) in [7, 11) is 1.85. The van der Waals surface area contributed by atoms with Gasteiger partial charge in [0.05, 0.1) is 7.05 Å². The van der Waals surface area contributed by atoms with E-state index in [4.69, 9.17) is 0 Å². The van der Waals surface area contributed by atoms with E-state index in [-0.39, 0.29) is 17.4 Å². The number of aryl methyl sites for hydroxylation is 1. The van der Waals surface area contributed by atoms with Crippen LogP contribution in [-0.2, 0) is 16.0 Å². The van der Waals surface area contributed by atoms with Crippen LogP contribution < -0.4 is 15.5 Å². The number of amides is 2. The van der Waals surface area contributed by atoms with Crippen molar-refractivity contribution in [3.63, 3.8) is 0 Å².